The Morgan fingerprint density at radius 1 is 1.40 bits per heavy atom. The van der Waals surface area contributed by atoms with Crippen LogP contribution in [-0.2, 0) is 14.3 Å². The van der Waals surface area contributed by atoms with Gasteiger partial charge < -0.3 is 21.1 Å². The predicted octanol–water partition coefficient (Wildman–Crippen LogP) is 0.161. The standard InChI is InChI=1S/C14H27N3O3/c1-4-17-14(10-6-7-10,13(19)20-5-2)9-8-11(16-3)12(15)18/h10-11,16-17H,4-9H2,1-3H3,(H2,15,18). The minimum absolute atomic E-state index is 0.205. The van der Waals surface area contributed by atoms with Crippen molar-refractivity contribution in [3.63, 3.8) is 0 Å². The number of amides is 1. The van der Waals surface area contributed by atoms with Gasteiger partial charge in [0, 0.05) is 0 Å². The van der Waals surface area contributed by atoms with Gasteiger partial charge >= 0.3 is 5.97 Å². The third-order valence-corrected chi connectivity index (χ3v) is 3.93. The van der Waals surface area contributed by atoms with Crippen LogP contribution in [0.15, 0.2) is 0 Å². The number of hydrogen-bond donors (Lipinski definition) is 3. The summed E-state index contributed by atoms with van der Waals surface area (Å²) in [7, 11) is 1.70. The summed E-state index contributed by atoms with van der Waals surface area (Å²) in [6.45, 7) is 4.83. The quantitative estimate of drug-likeness (QED) is 0.497. The largest absolute Gasteiger partial charge is 0.465 e. The van der Waals surface area contributed by atoms with Gasteiger partial charge in [-0.15, -0.1) is 0 Å². The number of hydrogen-bond acceptors (Lipinski definition) is 5. The molecule has 0 aliphatic heterocycles. The molecule has 0 spiro atoms. The van der Waals surface area contributed by atoms with Crippen LogP contribution in [0.4, 0.5) is 0 Å². The minimum Gasteiger partial charge on any atom is -0.465 e. The van der Waals surface area contributed by atoms with Crippen LogP contribution < -0.4 is 16.4 Å². The van der Waals surface area contributed by atoms with Crippen molar-refractivity contribution in [3.8, 4) is 0 Å². The SMILES string of the molecule is CCNC(CCC(NC)C(N)=O)(C(=O)OCC)C1CC1. The number of likely N-dealkylation sites (N-methyl/N-ethyl adjacent to an activating group) is 2. The van der Waals surface area contributed by atoms with Gasteiger partial charge in [0.1, 0.15) is 5.54 Å². The first-order valence-electron chi connectivity index (χ1n) is 7.40. The van der Waals surface area contributed by atoms with Crippen molar-refractivity contribution in [3.05, 3.63) is 0 Å². The van der Waals surface area contributed by atoms with Crippen LogP contribution in [0.1, 0.15) is 39.5 Å². The molecule has 1 fully saturated rings. The van der Waals surface area contributed by atoms with E-state index in [9.17, 15) is 9.59 Å². The maximum atomic E-state index is 12.4. The molecule has 20 heavy (non-hydrogen) atoms. The molecule has 1 aliphatic rings. The maximum absolute atomic E-state index is 12.4. The third kappa shape index (κ3) is 3.93. The zero-order valence-corrected chi connectivity index (χ0v) is 12.7. The topological polar surface area (TPSA) is 93.5 Å². The molecule has 1 rings (SSSR count). The Hall–Kier alpha value is -1.14. The minimum atomic E-state index is -0.671. The molecule has 2 unspecified atom stereocenters. The van der Waals surface area contributed by atoms with E-state index in [-0.39, 0.29) is 5.97 Å². The summed E-state index contributed by atoms with van der Waals surface area (Å²) in [6, 6.07) is -0.416. The Bertz CT molecular complexity index is 345. The second-order valence-corrected chi connectivity index (χ2v) is 5.28. The van der Waals surface area contributed by atoms with Crippen molar-refractivity contribution in [2.24, 2.45) is 11.7 Å². The third-order valence-electron chi connectivity index (χ3n) is 3.93. The van der Waals surface area contributed by atoms with Crippen LogP contribution in [0.2, 0.25) is 0 Å². The Morgan fingerprint density at radius 2 is 2.05 bits per heavy atom. The molecule has 116 valence electrons. The number of carbonyl (C=O) groups excluding carboxylic acids is 2. The highest BCUT2D eigenvalue weighted by Gasteiger charge is 2.51. The Labute approximate surface area is 120 Å². The van der Waals surface area contributed by atoms with Gasteiger partial charge in [-0.25, -0.2) is 0 Å². The zero-order valence-electron chi connectivity index (χ0n) is 12.7. The van der Waals surface area contributed by atoms with Crippen LogP contribution in [0.5, 0.6) is 0 Å². The first-order valence-corrected chi connectivity index (χ1v) is 7.40. The van der Waals surface area contributed by atoms with E-state index >= 15 is 0 Å². The Morgan fingerprint density at radius 3 is 2.45 bits per heavy atom. The molecular formula is C14H27N3O3. The highest BCUT2D eigenvalue weighted by atomic mass is 16.5. The average molecular weight is 285 g/mol. The number of esters is 1. The van der Waals surface area contributed by atoms with Gasteiger partial charge in [0.05, 0.1) is 12.6 Å². The summed E-state index contributed by atoms with van der Waals surface area (Å²) >= 11 is 0. The molecule has 6 nitrogen and oxygen atoms in total. The summed E-state index contributed by atoms with van der Waals surface area (Å²) in [5, 5.41) is 6.20. The smallest absolute Gasteiger partial charge is 0.326 e. The van der Waals surface area contributed by atoms with Crippen molar-refractivity contribution < 1.29 is 14.3 Å². The summed E-state index contributed by atoms with van der Waals surface area (Å²) in [6.07, 6.45) is 3.12. The summed E-state index contributed by atoms with van der Waals surface area (Å²) in [4.78, 5) is 23.7. The second kappa shape index (κ2) is 7.59. The number of rotatable bonds is 10. The Kier molecular flexibility index (Phi) is 6.42. The van der Waals surface area contributed by atoms with E-state index in [0.717, 1.165) is 12.8 Å². The molecule has 0 saturated heterocycles. The van der Waals surface area contributed by atoms with Crippen molar-refractivity contribution in [1.82, 2.24) is 10.6 Å². The zero-order chi connectivity index (χ0) is 15.2. The fourth-order valence-corrected chi connectivity index (χ4v) is 2.73. The van der Waals surface area contributed by atoms with Gasteiger partial charge in [-0.2, -0.15) is 0 Å². The van der Waals surface area contributed by atoms with Crippen LogP contribution in [0.25, 0.3) is 0 Å². The van der Waals surface area contributed by atoms with Gasteiger partial charge in [0.2, 0.25) is 5.91 Å². The van der Waals surface area contributed by atoms with Crippen LogP contribution in [0.3, 0.4) is 0 Å². The lowest BCUT2D eigenvalue weighted by Crippen LogP contribution is -2.56. The molecule has 6 heteroatoms. The van der Waals surface area contributed by atoms with E-state index in [1.54, 1.807) is 14.0 Å². The monoisotopic (exact) mass is 285 g/mol. The fourth-order valence-electron chi connectivity index (χ4n) is 2.73. The highest BCUT2D eigenvalue weighted by molar-refractivity contribution is 5.83. The number of carbonyl (C=O) groups is 2. The lowest BCUT2D eigenvalue weighted by Gasteiger charge is -2.33. The molecule has 1 aliphatic carbocycles. The number of nitrogens with two attached hydrogens (primary N) is 1. The molecule has 0 bridgehead atoms. The second-order valence-electron chi connectivity index (χ2n) is 5.28. The summed E-state index contributed by atoms with van der Waals surface area (Å²) < 4.78 is 5.25. The molecule has 4 N–H and O–H groups in total. The van der Waals surface area contributed by atoms with Gasteiger partial charge in [0.25, 0.3) is 0 Å². The molecule has 0 aromatic heterocycles. The fraction of sp³-hybridized carbons (Fsp3) is 0.857. The van der Waals surface area contributed by atoms with Gasteiger partial charge in [-0.3, -0.25) is 9.59 Å². The number of primary amides is 1. The van der Waals surface area contributed by atoms with Crippen LogP contribution >= 0.6 is 0 Å². The van der Waals surface area contributed by atoms with Crippen molar-refractivity contribution in [2.45, 2.75) is 51.1 Å². The first kappa shape index (κ1) is 16.9. The van der Waals surface area contributed by atoms with E-state index in [1.165, 1.54) is 0 Å². The molecule has 0 aromatic carbocycles. The lowest BCUT2D eigenvalue weighted by atomic mass is 9.86. The average Bonchev–Trinajstić information content (AvgIpc) is 3.22. The number of nitrogens with one attached hydrogen (secondary N) is 2. The lowest BCUT2D eigenvalue weighted by molar-refractivity contribution is -0.153. The molecule has 1 amide bonds. The highest BCUT2D eigenvalue weighted by Crippen LogP contribution is 2.43. The van der Waals surface area contributed by atoms with E-state index in [1.807, 2.05) is 6.92 Å². The van der Waals surface area contributed by atoms with E-state index in [0.29, 0.717) is 31.9 Å². The maximum Gasteiger partial charge on any atom is 0.326 e. The summed E-state index contributed by atoms with van der Waals surface area (Å²) in [5.41, 5.74) is 4.67. The Balaban J connectivity index is 2.80. The van der Waals surface area contributed by atoms with Crippen molar-refractivity contribution in [2.75, 3.05) is 20.2 Å². The van der Waals surface area contributed by atoms with Crippen molar-refractivity contribution >= 4 is 11.9 Å². The normalized spacial score (nSPS) is 19.1. The van der Waals surface area contributed by atoms with Crippen molar-refractivity contribution in [1.29, 1.82) is 0 Å². The van der Waals surface area contributed by atoms with Gasteiger partial charge in [-0.05, 0) is 52.1 Å². The first-order chi connectivity index (χ1) is 9.51. The number of ether oxygens (including phenoxy) is 1. The molecular weight excluding hydrogens is 258 g/mol. The molecule has 2 atom stereocenters. The summed E-state index contributed by atoms with van der Waals surface area (Å²) in [5.74, 6) is -0.298. The van der Waals surface area contributed by atoms with E-state index in [4.69, 9.17) is 10.5 Å². The molecule has 0 aromatic rings. The van der Waals surface area contributed by atoms with Crippen LogP contribution in [0, 0.1) is 5.92 Å². The molecule has 0 heterocycles. The van der Waals surface area contributed by atoms with Crippen LogP contribution in [-0.4, -0.2) is 43.7 Å². The predicted molar refractivity (Wildman–Crippen MR) is 77.0 cm³/mol. The molecule has 1 saturated carbocycles. The van der Waals surface area contributed by atoms with E-state index in [2.05, 4.69) is 10.6 Å². The van der Waals surface area contributed by atoms with Gasteiger partial charge in [-0.1, -0.05) is 6.92 Å². The van der Waals surface area contributed by atoms with Gasteiger partial charge in [0.15, 0.2) is 0 Å². The molecule has 0 radical (unpaired) electrons. The van der Waals surface area contributed by atoms with E-state index < -0.39 is 17.5 Å².